The maximum atomic E-state index is 12.5. The first-order valence-electron chi connectivity index (χ1n) is 10.6. The number of hydrogen-bond donors (Lipinski definition) is 1. The fourth-order valence-electron chi connectivity index (χ4n) is 4.28. The van der Waals surface area contributed by atoms with Crippen molar-refractivity contribution in [1.82, 2.24) is 10.2 Å². The average Bonchev–Trinajstić information content (AvgIpc) is 3.15. The van der Waals surface area contributed by atoms with E-state index in [4.69, 9.17) is 0 Å². The second kappa shape index (κ2) is 9.10. The molecule has 150 valence electrons. The number of aryl methyl sites for hydroxylation is 1. The van der Waals surface area contributed by atoms with Crippen LogP contribution in [0.1, 0.15) is 39.9 Å². The predicted molar refractivity (Wildman–Crippen MR) is 118 cm³/mol. The zero-order valence-electron chi connectivity index (χ0n) is 16.8. The summed E-state index contributed by atoms with van der Waals surface area (Å²) in [7, 11) is 0. The second-order valence-corrected chi connectivity index (χ2v) is 9.32. The number of anilines is 1. The SMILES string of the molecule is CC1CCc2sc(C(=O)NCCCN3CCN(c4ccccc4)CC3)cc2C1. The molecular weight excluding hydrogens is 366 g/mol. The summed E-state index contributed by atoms with van der Waals surface area (Å²) >= 11 is 1.70. The van der Waals surface area contributed by atoms with Crippen molar-refractivity contribution in [3.05, 3.63) is 51.7 Å². The summed E-state index contributed by atoms with van der Waals surface area (Å²) < 4.78 is 0. The molecule has 5 heteroatoms. The number of carbonyl (C=O) groups is 1. The van der Waals surface area contributed by atoms with Crippen LogP contribution in [0, 0.1) is 5.92 Å². The Labute approximate surface area is 172 Å². The molecule has 1 unspecified atom stereocenters. The normalized spacial score (nSPS) is 20.0. The highest BCUT2D eigenvalue weighted by Gasteiger charge is 2.21. The number of hydrogen-bond acceptors (Lipinski definition) is 4. The van der Waals surface area contributed by atoms with Crippen LogP contribution in [0.4, 0.5) is 5.69 Å². The highest BCUT2D eigenvalue weighted by Crippen LogP contribution is 2.32. The molecule has 1 atom stereocenters. The predicted octanol–water partition coefficient (Wildman–Crippen LogP) is 3.82. The van der Waals surface area contributed by atoms with Crippen LogP contribution in [0.5, 0.6) is 0 Å². The maximum Gasteiger partial charge on any atom is 0.261 e. The number of piperazine rings is 1. The lowest BCUT2D eigenvalue weighted by atomic mass is 9.90. The van der Waals surface area contributed by atoms with Crippen LogP contribution < -0.4 is 10.2 Å². The minimum Gasteiger partial charge on any atom is -0.369 e. The molecule has 1 aliphatic heterocycles. The topological polar surface area (TPSA) is 35.6 Å². The van der Waals surface area contributed by atoms with Gasteiger partial charge in [0.2, 0.25) is 0 Å². The zero-order valence-corrected chi connectivity index (χ0v) is 17.6. The van der Waals surface area contributed by atoms with Gasteiger partial charge in [-0.15, -0.1) is 11.3 Å². The molecule has 4 rings (SSSR count). The van der Waals surface area contributed by atoms with Gasteiger partial charge in [-0.2, -0.15) is 0 Å². The van der Waals surface area contributed by atoms with Crippen LogP contribution in [0.2, 0.25) is 0 Å². The second-order valence-electron chi connectivity index (χ2n) is 8.18. The molecule has 2 aliphatic rings. The van der Waals surface area contributed by atoms with Crippen LogP contribution in [0.15, 0.2) is 36.4 Å². The molecule has 0 bridgehead atoms. The monoisotopic (exact) mass is 397 g/mol. The third-order valence-electron chi connectivity index (χ3n) is 5.98. The van der Waals surface area contributed by atoms with Crippen molar-refractivity contribution in [2.24, 2.45) is 5.92 Å². The van der Waals surface area contributed by atoms with E-state index in [9.17, 15) is 4.79 Å². The molecule has 0 saturated carbocycles. The van der Waals surface area contributed by atoms with E-state index in [0.717, 1.165) is 69.3 Å². The quantitative estimate of drug-likeness (QED) is 0.753. The molecule has 0 radical (unpaired) electrons. The minimum atomic E-state index is 0.112. The lowest BCUT2D eigenvalue weighted by Crippen LogP contribution is -2.47. The van der Waals surface area contributed by atoms with Gasteiger partial charge in [0.05, 0.1) is 4.88 Å². The van der Waals surface area contributed by atoms with Gasteiger partial charge >= 0.3 is 0 Å². The number of fused-ring (bicyclic) bond motifs is 1. The molecule has 1 saturated heterocycles. The first-order valence-corrected chi connectivity index (χ1v) is 11.4. The van der Waals surface area contributed by atoms with Crippen molar-refractivity contribution in [2.75, 3.05) is 44.2 Å². The smallest absolute Gasteiger partial charge is 0.261 e. The van der Waals surface area contributed by atoms with E-state index in [1.165, 1.54) is 22.5 Å². The van der Waals surface area contributed by atoms with Gasteiger partial charge in [-0.05, 0) is 61.9 Å². The van der Waals surface area contributed by atoms with E-state index in [1.54, 1.807) is 11.3 Å². The fraction of sp³-hybridized carbons (Fsp3) is 0.522. The van der Waals surface area contributed by atoms with E-state index in [0.29, 0.717) is 0 Å². The van der Waals surface area contributed by atoms with Crippen molar-refractivity contribution in [1.29, 1.82) is 0 Å². The standard InChI is InChI=1S/C23H31N3OS/c1-18-8-9-21-19(16-18)17-22(28-21)23(27)24-10-5-11-25-12-14-26(15-13-25)20-6-3-2-4-7-20/h2-4,6-7,17-18H,5,8-16H2,1H3,(H,24,27). The Morgan fingerprint density at radius 1 is 1.18 bits per heavy atom. The Bertz CT molecular complexity index is 780. The van der Waals surface area contributed by atoms with Crippen molar-refractivity contribution in [3.8, 4) is 0 Å². The van der Waals surface area contributed by atoms with Crippen LogP contribution in [0.3, 0.4) is 0 Å². The Hall–Kier alpha value is -1.85. The largest absolute Gasteiger partial charge is 0.369 e. The maximum absolute atomic E-state index is 12.5. The summed E-state index contributed by atoms with van der Waals surface area (Å²) in [6.45, 7) is 8.47. The summed E-state index contributed by atoms with van der Waals surface area (Å²) in [5, 5.41) is 3.13. The summed E-state index contributed by atoms with van der Waals surface area (Å²) in [6, 6.07) is 12.8. The van der Waals surface area contributed by atoms with E-state index >= 15 is 0 Å². The number of thiophene rings is 1. The zero-order chi connectivity index (χ0) is 19.3. The fourth-order valence-corrected chi connectivity index (χ4v) is 5.40. The van der Waals surface area contributed by atoms with Gasteiger partial charge in [-0.25, -0.2) is 0 Å². The van der Waals surface area contributed by atoms with Crippen molar-refractivity contribution < 1.29 is 4.79 Å². The Balaban J connectivity index is 1.16. The van der Waals surface area contributed by atoms with Crippen molar-refractivity contribution in [3.63, 3.8) is 0 Å². The molecule has 1 aliphatic carbocycles. The van der Waals surface area contributed by atoms with Gasteiger partial charge in [0.1, 0.15) is 0 Å². The van der Waals surface area contributed by atoms with Crippen LogP contribution in [0.25, 0.3) is 0 Å². The number of nitrogens with zero attached hydrogens (tertiary/aromatic N) is 2. The van der Waals surface area contributed by atoms with Gasteiger partial charge in [0.25, 0.3) is 5.91 Å². The summed E-state index contributed by atoms with van der Waals surface area (Å²) in [6.07, 6.45) is 4.54. The van der Waals surface area contributed by atoms with Gasteiger partial charge in [-0.3, -0.25) is 9.69 Å². The molecule has 1 amide bonds. The Morgan fingerprint density at radius 3 is 2.75 bits per heavy atom. The van der Waals surface area contributed by atoms with E-state index < -0.39 is 0 Å². The highest BCUT2D eigenvalue weighted by molar-refractivity contribution is 7.14. The first kappa shape index (κ1) is 19.5. The molecule has 2 aromatic rings. The highest BCUT2D eigenvalue weighted by atomic mass is 32.1. The minimum absolute atomic E-state index is 0.112. The van der Waals surface area contributed by atoms with Crippen molar-refractivity contribution >= 4 is 22.9 Å². The third-order valence-corrected chi connectivity index (χ3v) is 7.22. The lowest BCUT2D eigenvalue weighted by Gasteiger charge is -2.36. The molecule has 28 heavy (non-hydrogen) atoms. The number of rotatable bonds is 6. The first-order chi connectivity index (χ1) is 13.7. The molecule has 4 nitrogen and oxygen atoms in total. The molecular formula is C23H31N3OS. The van der Waals surface area contributed by atoms with Gasteiger partial charge in [0.15, 0.2) is 0 Å². The van der Waals surface area contributed by atoms with Gasteiger partial charge in [-0.1, -0.05) is 25.1 Å². The number of amides is 1. The van der Waals surface area contributed by atoms with Crippen LogP contribution >= 0.6 is 11.3 Å². The third kappa shape index (κ3) is 4.76. The van der Waals surface area contributed by atoms with E-state index in [-0.39, 0.29) is 5.91 Å². The molecule has 0 spiro atoms. The summed E-state index contributed by atoms with van der Waals surface area (Å²) in [5.74, 6) is 0.862. The molecule has 1 aromatic heterocycles. The number of nitrogens with one attached hydrogen (secondary N) is 1. The van der Waals surface area contributed by atoms with Crippen molar-refractivity contribution in [2.45, 2.75) is 32.6 Å². The van der Waals surface area contributed by atoms with E-state index in [1.807, 2.05) is 0 Å². The number of para-hydroxylation sites is 1. The summed E-state index contributed by atoms with van der Waals surface area (Å²) in [4.78, 5) is 19.8. The lowest BCUT2D eigenvalue weighted by molar-refractivity contribution is 0.0955. The molecule has 1 fully saturated rings. The molecule has 2 heterocycles. The van der Waals surface area contributed by atoms with Gasteiger partial charge < -0.3 is 10.2 Å². The number of carbonyl (C=O) groups excluding carboxylic acids is 1. The van der Waals surface area contributed by atoms with E-state index in [2.05, 4.69) is 58.4 Å². The number of benzene rings is 1. The van der Waals surface area contributed by atoms with Gasteiger partial charge in [0, 0.05) is 43.3 Å². The molecule has 1 N–H and O–H groups in total. The van der Waals surface area contributed by atoms with Crippen LogP contribution in [-0.4, -0.2) is 50.1 Å². The molecule has 1 aromatic carbocycles. The Morgan fingerprint density at radius 2 is 1.96 bits per heavy atom. The van der Waals surface area contributed by atoms with Crippen LogP contribution in [-0.2, 0) is 12.8 Å². The summed E-state index contributed by atoms with van der Waals surface area (Å²) in [5.41, 5.74) is 2.73. The average molecular weight is 398 g/mol. The Kier molecular flexibility index (Phi) is 6.33.